The standard InChI is InChI=1S/C30H27N2O/c1-18(2)22-15-17-26(32(6)20(22)4)27-19(3)12-13-23-24-14-16-25(31-5)28(30(24)33-29(23)27)21-10-8-7-9-11-21/h7-18H,1-4,6H3/q+1/i1D3,15D,17D,18D. The largest absolute Gasteiger partial charge is 0.456 e. The summed E-state index contributed by atoms with van der Waals surface area (Å²) in [5.41, 5.74) is 5.34. The number of furan rings is 1. The van der Waals surface area contributed by atoms with Gasteiger partial charge >= 0.3 is 0 Å². The molecule has 0 aliphatic heterocycles. The topological polar surface area (TPSA) is 21.4 Å². The molecular formula is C30H27N2O+. The highest BCUT2D eigenvalue weighted by atomic mass is 16.3. The third kappa shape index (κ3) is 3.22. The minimum absolute atomic E-state index is 0.00115. The van der Waals surface area contributed by atoms with E-state index in [1.807, 2.05) is 55.5 Å². The molecule has 0 bridgehead atoms. The van der Waals surface area contributed by atoms with Gasteiger partial charge in [0.25, 0.3) is 0 Å². The maximum Gasteiger partial charge on any atom is 0.216 e. The number of rotatable bonds is 3. The van der Waals surface area contributed by atoms with Crippen molar-refractivity contribution in [3.8, 4) is 22.4 Å². The quantitative estimate of drug-likeness (QED) is 0.207. The van der Waals surface area contributed by atoms with Crippen molar-refractivity contribution in [2.24, 2.45) is 7.05 Å². The number of aromatic nitrogens is 1. The smallest absolute Gasteiger partial charge is 0.216 e. The molecule has 3 nitrogen and oxygen atoms in total. The van der Waals surface area contributed by atoms with Crippen molar-refractivity contribution in [2.45, 2.75) is 33.5 Å². The van der Waals surface area contributed by atoms with E-state index in [4.69, 9.17) is 19.2 Å². The first-order valence-corrected chi connectivity index (χ1v) is 10.7. The maximum atomic E-state index is 8.99. The predicted octanol–water partition coefficient (Wildman–Crippen LogP) is 8.04. The summed E-state index contributed by atoms with van der Waals surface area (Å²) in [6.07, 6.45) is 0. The van der Waals surface area contributed by atoms with Crippen LogP contribution in [0.2, 0.25) is 0 Å². The van der Waals surface area contributed by atoms with Crippen LogP contribution in [0.1, 0.15) is 44.7 Å². The van der Waals surface area contributed by atoms with Crippen molar-refractivity contribution in [1.82, 2.24) is 0 Å². The molecule has 0 radical (unpaired) electrons. The number of aryl methyl sites for hydroxylation is 1. The summed E-state index contributed by atoms with van der Waals surface area (Å²) in [5.74, 6) is -2.07. The number of benzene rings is 3. The summed E-state index contributed by atoms with van der Waals surface area (Å²) in [6.45, 7) is 9.91. The van der Waals surface area contributed by atoms with Gasteiger partial charge in [-0.2, -0.15) is 4.57 Å². The van der Waals surface area contributed by atoms with Gasteiger partial charge in [0.1, 0.15) is 18.2 Å². The summed E-state index contributed by atoms with van der Waals surface area (Å²) in [4.78, 5) is 3.74. The zero-order valence-corrected chi connectivity index (χ0v) is 19.0. The minimum Gasteiger partial charge on any atom is -0.456 e. The minimum atomic E-state index is -2.68. The van der Waals surface area contributed by atoms with E-state index >= 15 is 0 Å². The molecule has 0 saturated carbocycles. The Kier molecular flexibility index (Phi) is 3.60. The Bertz CT molecular complexity index is 1800. The number of fused-ring (bicyclic) bond motifs is 3. The zero-order chi connectivity index (χ0) is 28.4. The summed E-state index contributed by atoms with van der Waals surface area (Å²) < 4.78 is 58.4. The molecule has 1 unspecified atom stereocenters. The summed E-state index contributed by atoms with van der Waals surface area (Å²) in [7, 11) is 1.72. The van der Waals surface area contributed by atoms with Crippen LogP contribution in [0, 0.1) is 20.4 Å². The molecule has 0 N–H and O–H groups in total. The third-order valence-electron chi connectivity index (χ3n) is 6.30. The molecular weight excluding hydrogens is 404 g/mol. The van der Waals surface area contributed by atoms with Crippen molar-refractivity contribution in [3.63, 3.8) is 0 Å². The van der Waals surface area contributed by atoms with Crippen LogP contribution in [0.25, 0.3) is 49.2 Å². The highest BCUT2D eigenvalue weighted by molar-refractivity contribution is 6.15. The second-order valence-corrected chi connectivity index (χ2v) is 8.29. The molecule has 33 heavy (non-hydrogen) atoms. The van der Waals surface area contributed by atoms with E-state index < -0.39 is 12.7 Å². The Labute approximate surface area is 203 Å². The monoisotopic (exact) mass is 437 g/mol. The van der Waals surface area contributed by atoms with Gasteiger partial charge in [0.05, 0.1) is 14.9 Å². The molecule has 2 aromatic heterocycles. The van der Waals surface area contributed by atoms with Crippen molar-refractivity contribution in [2.75, 3.05) is 0 Å². The fourth-order valence-corrected chi connectivity index (χ4v) is 4.49. The normalized spacial score (nSPS) is 16.2. The highest BCUT2D eigenvalue weighted by Crippen LogP contribution is 2.44. The molecule has 162 valence electrons. The number of nitrogens with zero attached hydrogens (tertiary/aromatic N) is 2. The van der Waals surface area contributed by atoms with Crippen LogP contribution >= 0.6 is 0 Å². The molecule has 0 aliphatic rings. The highest BCUT2D eigenvalue weighted by Gasteiger charge is 2.25. The Balaban J connectivity index is 1.90. The fraction of sp³-hybridized carbons (Fsp3) is 0.200. The third-order valence-corrected chi connectivity index (χ3v) is 6.30. The van der Waals surface area contributed by atoms with Crippen molar-refractivity contribution < 1.29 is 17.2 Å². The Morgan fingerprint density at radius 2 is 1.70 bits per heavy atom. The van der Waals surface area contributed by atoms with E-state index in [1.54, 1.807) is 24.6 Å². The molecule has 1 atom stereocenters. The zero-order valence-electron chi connectivity index (χ0n) is 25.0. The first kappa shape index (κ1) is 15.0. The van der Waals surface area contributed by atoms with Crippen molar-refractivity contribution in [3.05, 3.63) is 94.9 Å². The SMILES string of the molecule is [2H]c1c([2H])c(-c2c(C)ccc3c2oc2c(-c4ccccc4)c([N+]#[C-])ccc23)[n+](C)c(C)c1C([2H])(C)C([2H])([2H])[2H]. The number of hydrogen-bond donors (Lipinski definition) is 0. The average Bonchev–Trinajstić information content (AvgIpc) is 3.26. The van der Waals surface area contributed by atoms with Gasteiger partial charge in [-0.3, -0.25) is 0 Å². The molecule has 0 amide bonds. The lowest BCUT2D eigenvalue weighted by Crippen LogP contribution is -2.36. The molecule has 0 spiro atoms. The van der Waals surface area contributed by atoms with E-state index in [0.717, 1.165) is 21.9 Å². The van der Waals surface area contributed by atoms with Crippen LogP contribution in [0.5, 0.6) is 0 Å². The second kappa shape index (κ2) is 7.90. The van der Waals surface area contributed by atoms with Crippen molar-refractivity contribution in [1.29, 1.82) is 0 Å². The van der Waals surface area contributed by atoms with Gasteiger partial charge in [-0.05, 0) is 30.0 Å². The van der Waals surface area contributed by atoms with Gasteiger partial charge in [0.2, 0.25) is 5.69 Å². The molecule has 5 rings (SSSR count). The van der Waals surface area contributed by atoms with E-state index in [2.05, 4.69) is 4.85 Å². The summed E-state index contributed by atoms with van der Waals surface area (Å²) >= 11 is 0. The molecule has 0 saturated heterocycles. The average molecular weight is 438 g/mol. The van der Waals surface area contributed by atoms with Gasteiger partial charge < -0.3 is 4.42 Å². The lowest BCUT2D eigenvalue weighted by molar-refractivity contribution is -0.667. The van der Waals surface area contributed by atoms with Crippen molar-refractivity contribution >= 4 is 27.6 Å². The molecule has 0 aliphatic carbocycles. The van der Waals surface area contributed by atoms with Crippen LogP contribution in [-0.4, -0.2) is 0 Å². The first-order chi connectivity index (χ1) is 18.3. The molecule has 3 heteroatoms. The Morgan fingerprint density at radius 1 is 1.00 bits per heavy atom. The van der Waals surface area contributed by atoms with E-state index in [0.29, 0.717) is 39.4 Å². The van der Waals surface area contributed by atoms with E-state index in [9.17, 15) is 0 Å². The van der Waals surface area contributed by atoms with E-state index in [-0.39, 0.29) is 17.6 Å². The lowest BCUT2D eigenvalue weighted by atomic mass is 9.96. The number of hydrogen-bond acceptors (Lipinski definition) is 1. The lowest BCUT2D eigenvalue weighted by Gasteiger charge is -2.11. The summed E-state index contributed by atoms with van der Waals surface area (Å²) in [6, 6.07) is 16.7. The van der Waals surface area contributed by atoms with Crippen LogP contribution in [0.4, 0.5) is 5.69 Å². The number of pyridine rings is 1. The van der Waals surface area contributed by atoms with Gasteiger partial charge in [-0.1, -0.05) is 68.4 Å². The first-order valence-electron chi connectivity index (χ1n) is 13.7. The second-order valence-electron chi connectivity index (χ2n) is 8.29. The summed E-state index contributed by atoms with van der Waals surface area (Å²) in [5, 5.41) is 1.63. The fourth-order valence-electron chi connectivity index (χ4n) is 4.49. The molecule has 5 aromatic rings. The van der Waals surface area contributed by atoms with Crippen LogP contribution in [0.15, 0.2) is 71.1 Å². The van der Waals surface area contributed by atoms with Crippen LogP contribution < -0.4 is 4.57 Å². The van der Waals surface area contributed by atoms with Gasteiger partial charge in [0, 0.05) is 40.3 Å². The maximum absolute atomic E-state index is 8.99. The Morgan fingerprint density at radius 3 is 2.39 bits per heavy atom. The van der Waals surface area contributed by atoms with Gasteiger partial charge in [-0.25, -0.2) is 4.85 Å². The van der Waals surface area contributed by atoms with E-state index in [1.165, 1.54) is 6.92 Å². The Hall–Kier alpha value is -3.90. The molecule has 3 aromatic carbocycles. The predicted molar refractivity (Wildman–Crippen MR) is 136 cm³/mol. The van der Waals surface area contributed by atoms with Crippen LogP contribution in [0.3, 0.4) is 0 Å². The van der Waals surface area contributed by atoms with Gasteiger partial charge in [0.15, 0.2) is 11.4 Å². The molecule has 2 heterocycles. The van der Waals surface area contributed by atoms with Gasteiger partial charge in [-0.15, -0.1) is 0 Å². The van der Waals surface area contributed by atoms with Crippen LogP contribution in [-0.2, 0) is 7.05 Å². The molecule has 0 fully saturated rings.